The Morgan fingerprint density at radius 2 is 2.05 bits per heavy atom. The van der Waals surface area contributed by atoms with Crippen LogP contribution in [0.5, 0.6) is 5.75 Å². The van der Waals surface area contributed by atoms with E-state index in [9.17, 15) is 8.42 Å². The molecule has 3 N–H and O–H groups in total. The maximum atomic E-state index is 12.4. The third-order valence-electron chi connectivity index (χ3n) is 4.51. The molecule has 6 heteroatoms. The lowest BCUT2D eigenvalue weighted by atomic mass is 9.93. The Morgan fingerprint density at radius 1 is 1.38 bits per heavy atom. The molecule has 1 fully saturated rings. The van der Waals surface area contributed by atoms with E-state index in [0.29, 0.717) is 23.8 Å². The Labute approximate surface area is 126 Å². The van der Waals surface area contributed by atoms with Gasteiger partial charge < -0.3 is 10.5 Å². The zero-order valence-electron chi connectivity index (χ0n) is 12.8. The fraction of sp³-hybridized carbons (Fsp3) is 0.600. The SMILES string of the molecule is COc1ccc(S(=O)(=O)NCC2(C(C)C)CC2)cc1CN. The van der Waals surface area contributed by atoms with Crippen LogP contribution in [-0.2, 0) is 16.6 Å². The Hall–Kier alpha value is -1.11. The molecule has 0 radical (unpaired) electrons. The fourth-order valence-corrected chi connectivity index (χ4v) is 3.71. The maximum absolute atomic E-state index is 12.4. The minimum absolute atomic E-state index is 0.135. The van der Waals surface area contributed by atoms with E-state index in [4.69, 9.17) is 10.5 Å². The summed E-state index contributed by atoms with van der Waals surface area (Å²) in [6, 6.07) is 4.78. The van der Waals surface area contributed by atoms with Crippen molar-refractivity contribution in [3.8, 4) is 5.75 Å². The number of hydrogen-bond acceptors (Lipinski definition) is 4. The largest absolute Gasteiger partial charge is 0.496 e. The molecule has 0 atom stereocenters. The molecule has 0 saturated heterocycles. The molecular weight excluding hydrogens is 288 g/mol. The van der Waals surface area contributed by atoms with Crippen molar-refractivity contribution in [3.05, 3.63) is 23.8 Å². The summed E-state index contributed by atoms with van der Waals surface area (Å²) in [6.45, 7) is 5.02. The summed E-state index contributed by atoms with van der Waals surface area (Å²) in [5, 5.41) is 0. The minimum atomic E-state index is -3.51. The first kappa shape index (κ1) is 16.3. The van der Waals surface area contributed by atoms with Gasteiger partial charge in [-0.1, -0.05) is 13.8 Å². The molecule has 0 heterocycles. The summed E-state index contributed by atoms with van der Waals surface area (Å²) >= 11 is 0. The number of benzene rings is 1. The molecular formula is C15H24N2O3S. The van der Waals surface area contributed by atoms with Crippen LogP contribution < -0.4 is 15.2 Å². The van der Waals surface area contributed by atoms with E-state index in [2.05, 4.69) is 18.6 Å². The van der Waals surface area contributed by atoms with E-state index in [1.807, 2.05) is 0 Å². The van der Waals surface area contributed by atoms with Crippen molar-refractivity contribution < 1.29 is 13.2 Å². The zero-order valence-corrected chi connectivity index (χ0v) is 13.7. The van der Waals surface area contributed by atoms with Crippen LogP contribution in [0, 0.1) is 11.3 Å². The van der Waals surface area contributed by atoms with E-state index in [1.165, 1.54) is 0 Å². The Bertz CT molecular complexity index is 607. The lowest BCUT2D eigenvalue weighted by Gasteiger charge is -2.20. The predicted octanol–water partition coefficient (Wildman–Crippen LogP) is 1.87. The van der Waals surface area contributed by atoms with Gasteiger partial charge in [-0.25, -0.2) is 13.1 Å². The Kier molecular flexibility index (Phi) is 4.60. The summed E-state index contributed by atoms with van der Waals surface area (Å²) in [4.78, 5) is 0.239. The first-order chi connectivity index (χ1) is 9.84. The summed E-state index contributed by atoms with van der Waals surface area (Å²) in [7, 11) is -1.96. The Morgan fingerprint density at radius 3 is 2.52 bits per heavy atom. The number of rotatable bonds is 7. The van der Waals surface area contributed by atoms with Crippen molar-refractivity contribution in [1.82, 2.24) is 4.72 Å². The van der Waals surface area contributed by atoms with Crippen molar-refractivity contribution in [3.63, 3.8) is 0 Å². The molecule has 2 rings (SSSR count). The summed E-state index contributed by atoms with van der Waals surface area (Å²) < 4.78 is 32.7. The van der Waals surface area contributed by atoms with Gasteiger partial charge in [0.05, 0.1) is 12.0 Å². The summed E-state index contributed by atoms with van der Waals surface area (Å²) in [5.41, 5.74) is 6.46. The second kappa shape index (κ2) is 5.94. The second-order valence-electron chi connectivity index (χ2n) is 6.02. The molecule has 1 aliphatic carbocycles. The number of nitrogens with two attached hydrogens (primary N) is 1. The number of hydrogen-bond donors (Lipinski definition) is 2. The zero-order chi connectivity index (χ0) is 15.7. The molecule has 118 valence electrons. The number of nitrogens with one attached hydrogen (secondary N) is 1. The van der Waals surface area contributed by atoms with Crippen LogP contribution in [0.25, 0.3) is 0 Å². The highest BCUT2D eigenvalue weighted by atomic mass is 32.2. The third-order valence-corrected chi connectivity index (χ3v) is 5.91. The van der Waals surface area contributed by atoms with E-state index >= 15 is 0 Å². The van der Waals surface area contributed by atoms with Gasteiger partial charge in [0, 0.05) is 18.7 Å². The van der Waals surface area contributed by atoms with Crippen LogP contribution in [0.2, 0.25) is 0 Å². The van der Waals surface area contributed by atoms with Gasteiger partial charge in [-0.15, -0.1) is 0 Å². The predicted molar refractivity (Wildman–Crippen MR) is 82.6 cm³/mol. The van der Waals surface area contributed by atoms with Gasteiger partial charge in [0.2, 0.25) is 10.0 Å². The number of sulfonamides is 1. The van der Waals surface area contributed by atoms with Crippen LogP contribution in [0.3, 0.4) is 0 Å². The van der Waals surface area contributed by atoms with Gasteiger partial charge in [0.25, 0.3) is 0 Å². The first-order valence-electron chi connectivity index (χ1n) is 7.21. The van der Waals surface area contributed by atoms with E-state index < -0.39 is 10.0 Å². The number of ether oxygens (including phenoxy) is 1. The highest BCUT2D eigenvalue weighted by Crippen LogP contribution is 2.51. The molecule has 21 heavy (non-hydrogen) atoms. The van der Waals surface area contributed by atoms with Crippen LogP contribution in [0.1, 0.15) is 32.3 Å². The summed E-state index contributed by atoms with van der Waals surface area (Å²) in [5.74, 6) is 1.09. The Balaban J connectivity index is 2.16. The van der Waals surface area contributed by atoms with Gasteiger partial charge in [0.15, 0.2) is 0 Å². The second-order valence-corrected chi connectivity index (χ2v) is 7.79. The average Bonchev–Trinajstić information content (AvgIpc) is 3.25. The molecule has 0 amide bonds. The van der Waals surface area contributed by atoms with Gasteiger partial charge >= 0.3 is 0 Å². The van der Waals surface area contributed by atoms with E-state index in [-0.39, 0.29) is 16.9 Å². The molecule has 0 aliphatic heterocycles. The van der Waals surface area contributed by atoms with Crippen molar-refractivity contribution in [2.75, 3.05) is 13.7 Å². The molecule has 0 aromatic heterocycles. The fourth-order valence-electron chi connectivity index (χ4n) is 2.52. The van der Waals surface area contributed by atoms with Crippen LogP contribution in [0.15, 0.2) is 23.1 Å². The van der Waals surface area contributed by atoms with Crippen molar-refractivity contribution >= 4 is 10.0 Å². The molecule has 0 spiro atoms. The highest BCUT2D eigenvalue weighted by molar-refractivity contribution is 7.89. The topological polar surface area (TPSA) is 81.4 Å². The third kappa shape index (κ3) is 3.39. The molecule has 5 nitrogen and oxygen atoms in total. The van der Waals surface area contributed by atoms with Crippen LogP contribution in [-0.4, -0.2) is 22.1 Å². The van der Waals surface area contributed by atoms with E-state index in [1.54, 1.807) is 25.3 Å². The lowest BCUT2D eigenvalue weighted by molar-refractivity contribution is 0.357. The molecule has 0 unspecified atom stereocenters. The van der Waals surface area contributed by atoms with E-state index in [0.717, 1.165) is 12.8 Å². The van der Waals surface area contributed by atoms with Crippen molar-refractivity contribution in [2.24, 2.45) is 17.1 Å². The quantitative estimate of drug-likeness (QED) is 0.805. The van der Waals surface area contributed by atoms with Gasteiger partial charge in [-0.2, -0.15) is 0 Å². The summed E-state index contributed by atoms with van der Waals surface area (Å²) in [6.07, 6.45) is 2.17. The molecule has 1 aliphatic rings. The number of methoxy groups -OCH3 is 1. The highest BCUT2D eigenvalue weighted by Gasteiger charge is 2.45. The minimum Gasteiger partial charge on any atom is -0.496 e. The molecule has 1 aromatic rings. The van der Waals surface area contributed by atoms with Gasteiger partial charge in [0.1, 0.15) is 5.75 Å². The lowest BCUT2D eigenvalue weighted by Crippen LogP contribution is -2.32. The molecule has 1 aromatic carbocycles. The van der Waals surface area contributed by atoms with Crippen molar-refractivity contribution in [1.29, 1.82) is 0 Å². The maximum Gasteiger partial charge on any atom is 0.240 e. The van der Waals surface area contributed by atoms with Gasteiger partial charge in [-0.3, -0.25) is 0 Å². The normalized spacial score (nSPS) is 17.0. The average molecular weight is 312 g/mol. The van der Waals surface area contributed by atoms with Gasteiger partial charge in [-0.05, 0) is 42.4 Å². The first-order valence-corrected chi connectivity index (χ1v) is 8.69. The van der Waals surface area contributed by atoms with Crippen molar-refractivity contribution in [2.45, 2.75) is 38.1 Å². The van der Waals surface area contributed by atoms with Crippen LogP contribution >= 0.6 is 0 Å². The smallest absolute Gasteiger partial charge is 0.240 e. The standard InChI is InChI=1S/C15H24N2O3S/c1-11(2)15(6-7-15)10-17-21(18,19)13-4-5-14(20-3)12(8-13)9-16/h4-5,8,11,17H,6-7,9-10,16H2,1-3H3. The van der Waals surface area contributed by atoms with Crippen LogP contribution in [0.4, 0.5) is 0 Å². The molecule has 0 bridgehead atoms. The molecule has 1 saturated carbocycles. The monoisotopic (exact) mass is 312 g/mol.